The maximum Gasteiger partial charge on any atom is 0.327 e. The highest BCUT2D eigenvalue weighted by Crippen LogP contribution is 2.24. The summed E-state index contributed by atoms with van der Waals surface area (Å²) in [5, 5.41) is 7.43. The molecule has 0 aromatic carbocycles. The normalized spacial score (nSPS) is 19.9. The van der Waals surface area contributed by atoms with Gasteiger partial charge in [0.2, 0.25) is 0 Å². The predicted molar refractivity (Wildman–Crippen MR) is 98.0 cm³/mol. The van der Waals surface area contributed by atoms with Crippen molar-refractivity contribution in [3.05, 3.63) is 0 Å². The Labute approximate surface area is 163 Å². The summed E-state index contributed by atoms with van der Waals surface area (Å²) in [6.07, 6.45) is 3.36. The second kappa shape index (κ2) is 9.03. The van der Waals surface area contributed by atoms with Gasteiger partial charge in [-0.15, -0.1) is 0 Å². The zero-order valence-electron chi connectivity index (χ0n) is 16.5. The summed E-state index contributed by atoms with van der Waals surface area (Å²) in [6, 6.07) is -1.26. The minimum absolute atomic E-state index is 0.0442. The van der Waals surface area contributed by atoms with Crippen molar-refractivity contribution in [2.75, 3.05) is 6.54 Å². The van der Waals surface area contributed by atoms with Crippen LogP contribution in [-0.4, -0.2) is 59.0 Å². The molecular weight excluding hydrogens is 368 g/mol. The lowest BCUT2D eigenvalue weighted by molar-refractivity contribution is -0.156. The minimum atomic E-state index is -1.25. The zero-order chi connectivity index (χ0) is 20.9. The number of imide groups is 2. The number of hydrogen-bond donors (Lipinski definition) is 3. The Morgan fingerprint density at radius 2 is 1.82 bits per heavy atom. The molecule has 0 aromatic heterocycles. The van der Waals surface area contributed by atoms with Crippen molar-refractivity contribution in [3.8, 4) is 0 Å². The van der Waals surface area contributed by atoms with Crippen molar-refractivity contribution >= 4 is 29.8 Å². The molecule has 2 fully saturated rings. The van der Waals surface area contributed by atoms with Crippen LogP contribution in [0.4, 0.5) is 9.59 Å². The molecule has 1 heterocycles. The third kappa shape index (κ3) is 4.79. The quantitative estimate of drug-likeness (QED) is 0.430. The van der Waals surface area contributed by atoms with Crippen LogP contribution in [0.2, 0.25) is 0 Å². The first-order chi connectivity index (χ1) is 13.2. The van der Waals surface area contributed by atoms with Gasteiger partial charge in [0.15, 0.2) is 6.10 Å². The first-order valence-electron chi connectivity index (χ1n) is 9.67. The zero-order valence-corrected chi connectivity index (χ0v) is 16.5. The lowest BCUT2D eigenvalue weighted by Crippen LogP contribution is -2.48. The summed E-state index contributed by atoms with van der Waals surface area (Å²) in [5.41, 5.74) is -1.02. The van der Waals surface area contributed by atoms with Crippen LogP contribution in [-0.2, 0) is 19.1 Å². The van der Waals surface area contributed by atoms with Gasteiger partial charge in [0.05, 0.1) is 0 Å². The van der Waals surface area contributed by atoms with Gasteiger partial charge in [-0.05, 0) is 32.6 Å². The summed E-state index contributed by atoms with van der Waals surface area (Å²) in [6.45, 7) is 4.25. The average molecular weight is 396 g/mol. The minimum Gasteiger partial charge on any atom is -0.451 e. The maximum absolute atomic E-state index is 12.5. The van der Waals surface area contributed by atoms with Crippen molar-refractivity contribution in [1.82, 2.24) is 20.9 Å². The van der Waals surface area contributed by atoms with Gasteiger partial charge >= 0.3 is 18.0 Å². The molecule has 0 unspecified atom stereocenters. The molecule has 6 amide bonds. The van der Waals surface area contributed by atoms with Crippen molar-refractivity contribution in [1.29, 1.82) is 0 Å². The van der Waals surface area contributed by atoms with Crippen LogP contribution in [0.3, 0.4) is 0 Å². The maximum atomic E-state index is 12.5. The molecular formula is C18H28N4O6. The van der Waals surface area contributed by atoms with Crippen LogP contribution < -0.4 is 16.0 Å². The van der Waals surface area contributed by atoms with Crippen molar-refractivity contribution in [2.24, 2.45) is 0 Å². The molecule has 28 heavy (non-hydrogen) atoms. The standard InChI is InChI=1S/C18H28N4O6/c1-4-18(5-2)15(25)22(17(27)21-18)10-13(23)28-11(3)14(24)20-16(26)19-12-8-6-7-9-12/h11-12H,4-10H2,1-3H3,(H,21,27)(H2,19,20,24,26)/t11-/m1/s1. The van der Waals surface area contributed by atoms with E-state index in [1.165, 1.54) is 6.92 Å². The van der Waals surface area contributed by atoms with Crippen LogP contribution in [0.15, 0.2) is 0 Å². The largest absolute Gasteiger partial charge is 0.451 e. The molecule has 1 saturated carbocycles. The number of nitrogens with zero attached hydrogens (tertiary/aromatic N) is 1. The molecule has 2 rings (SSSR count). The molecule has 2 aliphatic rings. The topological polar surface area (TPSA) is 134 Å². The first-order valence-corrected chi connectivity index (χ1v) is 9.67. The summed E-state index contributed by atoms with van der Waals surface area (Å²) >= 11 is 0. The number of hydrogen-bond acceptors (Lipinski definition) is 6. The molecule has 1 atom stereocenters. The molecule has 10 heteroatoms. The first kappa shape index (κ1) is 21.6. The molecule has 0 bridgehead atoms. The lowest BCUT2D eigenvalue weighted by atomic mass is 9.93. The lowest BCUT2D eigenvalue weighted by Gasteiger charge is -2.23. The van der Waals surface area contributed by atoms with E-state index in [-0.39, 0.29) is 6.04 Å². The SMILES string of the molecule is CCC1(CC)NC(=O)N(CC(=O)O[C@H](C)C(=O)NC(=O)NC2CCCC2)C1=O. The van der Waals surface area contributed by atoms with E-state index in [2.05, 4.69) is 16.0 Å². The van der Waals surface area contributed by atoms with Gasteiger partial charge < -0.3 is 15.4 Å². The molecule has 156 valence electrons. The van der Waals surface area contributed by atoms with Crippen molar-refractivity contribution in [3.63, 3.8) is 0 Å². The van der Waals surface area contributed by atoms with Crippen molar-refractivity contribution < 1.29 is 28.7 Å². The number of esters is 1. The predicted octanol–water partition coefficient (Wildman–Crippen LogP) is 0.797. The van der Waals surface area contributed by atoms with E-state index in [9.17, 15) is 24.0 Å². The smallest absolute Gasteiger partial charge is 0.327 e. The molecule has 0 radical (unpaired) electrons. The fraction of sp³-hybridized carbons (Fsp3) is 0.722. The highest BCUT2D eigenvalue weighted by Gasteiger charge is 2.49. The molecule has 1 saturated heterocycles. The number of amides is 6. The third-order valence-corrected chi connectivity index (χ3v) is 5.34. The monoisotopic (exact) mass is 396 g/mol. The highest BCUT2D eigenvalue weighted by molar-refractivity contribution is 6.08. The van der Waals surface area contributed by atoms with Gasteiger partial charge in [0.1, 0.15) is 12.1 Å². The summed E-state index contributed by atoms with van der Waals surface area (Å²) in [7, 11) is 0. The summed E-state index contributed by atoms with van der Waals surface area (Å²) < 4.78 is 4.97. The van der Waals surface area contributed by atoms with E-state index < -0.39 is 48.0 Å². The second-order valence-corrected chi connectivity index (χ2v) is 7.19. The molecule has 10 nitrogen and oxygen atoms in total. The summed E-state index contributed by atoms with van der Waals surface area (Å²) in [4.78, 5) is 61.2. The van der Waals surface area contributed by atoms with Gasteiger partial charge in [-0.3, -0.25) is 24.6 Å². The van der Waals surface area contributed by atoms with Gasteiger partial charge in [0.25, 0.3) is 11.8 Å². The number of ether oxygens (including phenoxy) is 1. The van der Waals surface area contributed by atoms with Crippen LogP contribution >= 0.6 is 0 Å². The molecule has 1 aliphatic heterocycles. The second-order valence-electron chi connectivity index (χ2n) is 7.19. The van der Waals surface area contributed by atoms with E-state index in [1.807, 2.05) is 0 Å². The Bertz CT molecular complexity index is 654. The van der Waals surface area contributed by atoms with E-state index in [0.29, 0.717) is 12.8 Å². The Morgan fingerprint density at radius 1 is 1.21 bits per heavy atom. The van der Waals surface area contributed by atoms with Crippen LogP contribution in [0.1, 0.15) is 59.3 Å². The van der Waals surface area contributed by atoms with Crippen LogP contribution in [0.25, 0.3) is 0 Å². The van der Waals surface area contributed by atoms with E-state index in [0.717, 1.165) is 30.6 Å². The number of carbonyl (C=O) groups is 5. The molecule has 3 N–H and O–H groups in total. The van der Waals surface area contributed by atoms with Gasteiger partial charge in [-0.25, -0.2) is 9.59 Å². The molecule has 0 aromatic rings. The molecule has 0 spiro atoms. The number of urea groups is 2. The van der Waals surface area contributed by atoms with E-state index in [1.54, 1.807) is 13.8 Å². The van der Waals surface area contributed by atoms with Gasteiger partial charge in [-0.1, -0.05) is 26.7 Å². The Balaban J connectivity index is 1.83. The van der Waals surface area contributed by atoms with E-state index in [4.69, 9.17) is 4.74 Å². The van der Waals surface area contributed by atoms with Crippen LogP contribution in [0.5, 0.6) is 0 Å². The molecule has 1 aliphatic carbocycles. The average Bonchev–Trinajstić information content (AvgIpc) is 3.23. The fourth-order valence-electron chi connectivity index (χ4n) is 3.47. The van der Waals surface area contributed by atoms with E-state index >= 15 is 0 Å². The number of rotatable bonds is 7. The Hall–Kier alpha value is -2.65. The Morgan fingerprint density at radius 3 is 2.36 bits per heavy atom. The number of carbonyl (C=O) groups excluding carboxylic acids is 5. The van der Waals surface area contributed by atoms with Crippen molar-refractivity contribution in [2.45, 2.75) is 77.0 Å². The Kier molecular flexibility index (Phi) is 6.98. The summed E-state index contributed by atoms with van der Waals surface area (Å²) in [5.74, 6) is -2.18. The van der Waals surface area contributed by atoms with Gasteiger partial charge in [0, 0.05) is 6.04 Å². The van der Waals surface area contributed by atoms with Gasteiger partial charge in [-0.2, -0.15) is 0 Å². The third-order valence-electron chi connectivity index (χ3n) is 5.34. The highest BCUT2D eigenvalue weighted by atomic mass is 16.5. The van der Waals surface area contributed by atoms with Crippen LogP contribution in [0, 0.1) is 0 Å². The fourth-order valence-corrected chi connectivity index (χ4v) is 3.47. The number of nitrogens with one attached hydrogen (secondary N) is 3.